The molecule has 2 heterocycles. The number of carbonyl (C=O) groups excluding carboxylic acids is 2. The summed E-state index contributed by atoms with van der Waals surface area (Å²) < 4.78 is 1.57. The number of H-pyrrole nitrogens is 1. The lowest BCUT2D eigenvalue weighted by molar-refractivity contribution is -0.123. The molecule has 0 aliphatic heterocycles. The lowest BCUT2D eigenvalue weighted by atomic mass is 10.0. The zero-order chi connectivity index (χ0) is 27.4. The Kier molecular flexibility index (Phi) is 7.28. The number of hydrazone groups is 1. The second kappa shape index (κ2) is 11.1. The monoisotopic (exact) mass is 539 g/mol. The highest BCUT2D eigenvalue weighted by molar-refractivity contribution is 6.32. The van der Waals surface area contributed by atoms with Crippen LogP contribution in [0.4, 0.5) is 0 Å². The summed E-state index contributed by atoms with van der Waals surface area (Å²) >= 11 is 6.55. The number of para-hydroxylation sites is 1. The van der Waals surface area contributed by atoms with Crippen LogP contribution in [0.2, 0.25) is 5.15 Å². The maximum absolute atomic E-state index is 13.4. The van der Waals surface area contributed by atoms with Crippen LogP contribution in [0.25, 0.3) is 16.5 Å². The normalized spacial score (nSPS) is 11.9. The van der Waals surface area contributed by atoms with E-state index in [1.165, 1.54) is 6.21 Å². The van der Waals surface area contributed by atoms with E-state index < -0.39 is 23.4 Å². The zero-order valence-corrected chi connectivity index (χ0v) is 21.4. The molecule has 194 valence electrons. The van der Waals surface area contributed by atoms with Gasteiger partial charge in [-0.25, -0.2) is 15.2 Å². The maximum atomic E-state index is 13.4. The van der Waals surface area contributed by atoms with E-state index in [0.29, 0.717) is 32.7 Å². The third-order valence-electron chi connectivity index (χ3n) is 5.99. The highest BCUT2D eigenvalue weighted by atomic mass is 35.5. The molecule has 11 heteroatoms. The van der Waals surface area contributed by atoms with Gasteiger partial charge in [0, 0.05) is 10.9 Å². The molecule has 0 saturated carbocycles. The molecule has 0 fully saturated rings. The van der Waals surface area contributed by atoms with Crippen molar-refractivity contribution >= 4 is 40.4 Å². The maximum Gasteiger partial charge on any atom is 0.272 e. The largest absolute Gasteiger partial charge is 0.335 e. The van der Waals surface area contributed by atoms with Crippen molar-refractivity contribution < 1.29 is 9.59 Å². The molecule has 1 atom stereocenters. The van der Waals surface area contributed by atoms with Gasteiger partial charge in [0.2, 0.25) is 0 Å². The van der Waals surface area contributed by atoms with Gasteiger partial charge in [-0.05, 0) is 37.3 Å². The average molecular weight is 540 g/mol. The third-order valence-corrected chi connectivity index (χ3v) is 6.35. The van der Waals surface area contributed by atoms with Crippen molar-refractivity contribution in [2.75, 3.05) is 0 Å². The first-order valence-corrected chi connectivity index (χ1v) is 12.3. The number of nitrogens with zero attached hydrogens (tertiary/aromatic N) is 4. The predicted octanol–water partition coefficient (Wildman–Crippen LogP) is 3.69. The van der Waals surface area contributed by atoms with E-state index in [9.17, 15) is 14.4 Å². The second-order valence-corrected chi connectivity index (χ2v) is 8.89. The average Bonchev–Trinajstić information content (AvgIpc) is 3.26. The molecule has 0 radical (unpaired) electrons. The molecule has 0 aliphatic carbocycles. The number of aromatic nitrogens is 4. The number of benzene rings is 3. The molecule has 2 amide bonds. The topological polar surface area (TPSA) is 134 Å². The van der Waals surface area contributed by atoms with Crippen LogP contribution >= 0.6 is 11.6 Å². The molecular formula is C28H22ClN7O3. The lowest BCUT2D eigenvalue weighted by Gasteiger charge is -2.18. The van der Waals surface area contributed by atoms with Gasteiger partial charge in [0.25, 0.3) is 17.4 Å². The fraction of sp³-hybridized carbons (Fsp3) is 0.0714. The van der Waals surface area contributed by atoms with Gasteiger partial charge >= 0.3 is 0 Å². The second-order valence-electron chi connectivity index (χ2n) is 8.53. The number of hydrogen-bond donors (Lipinski definition) is 3. The van der Waals surface area contributed by atoms with Crippen LogP contribution in [0.1, 0.15) is 33.4 Å². The third kappa shape index (κ3) is 5.32. The summed E-state index contributed by atoms with van der Waals surface area (Å²) in [6.45, 7) is 1.77. The number of halogens is 1. The van der Waals surface area contributed by atoms with Crippen LogP contribution in [0, 0.1) is 6.92 Å². The lowest BCUT2D eigenvalue weighted by Crippen LogP contribution is -2.40. The Balaban J connectivity index is 1.45. The molecule has 10 nitrogen and oxygen atoms in total. The van der Waals surface area contributed by atoms with E-state index in [4.69, 9.17) is 11.6 Å². The van der Waals surface area contributed by atoms with Crippen LogP contribution in [0.15, 0.2) is 94.8 Å². The molecule has 3 N–H and O–H groups in total. The van der Waals surface area contributed by atoms with Gasteiger partial charge in [-0.3, -0.25) is 14.4 Å². The molecule has 2 aromatic heterocycles. The van der Waals surface area contributed by atoms with E-state index in [1.54, 1.807) is 66.2 Å². The van der Waals surface area contributed by atoms with Crippen LogP contribution < -0.4 is 16.3 Å². The summed E-state index contributed by atoms with van der Waals surface area (Å²) in [6, 6.07) is 23.2. The summed E-state index contributed by atoms with van der Waals surface area (Å²) in [5.41, 5.74) is 4.44. The van der Waals surface area contributed by atoms with Crippen LogP contribution in [0.3, 0.4) is 0 Å². The number of rotatable bonds is 7. The number of nitrogens with one attached hydrogen (secondary N) is 3. The van der Waals surface area contributed by atoms with E-state index in [1.807, 2.05) is 30.3 Å². The minimum Gasteiger partial charge on any atom is -0.335 e. The minimum atomic E-state index is -1.28. The Bertz CT molecular complexity index is 1750. The van der Waals surface area contributed by atoms with Gasteiger partial charge in [0.1, 0.15) is 10.8 Å². The molecular weight excluding hydrogens is 518 g/mol. The number of carbonyl (C=O) groups is 2. The molecule has 5 rings (SSSR count). The minimum absolute atomic E-state index is 0.160. The van der Waals surface area contributed by atoms with Gasteiger partial charge < -0.3 is 5.32 Å². The van der Waals surface area contributed by atoms with Crippen LogP contribution in [0.5, 0.6) is 0 Å². The molecule has 0 aliphatic rings. The Morgan fingerprint density at radius 3 is 2.33 bits per heavy atom. The van der Waals surface area contributed by atoms with Gasteiger partial charge in [-0.15, -0.1) is 0 Å². The van der Waals surface area contributed by atoms with Crippen molar-refractivity contribution in [2.45, 2.75) is 13.0 Å². The number of aryl methyl sites for hydroxylation is 1. The van der Waals surface area contributed by atoms with Crippen LogP contribution in [-0.2, 0) is 4.79 Å². The number of hydrogen-bond acceptors (Lipinski definition) is 6. The van der Waals surface area contributed by atoms with E-state index in [-0.39, 0.29) is 5.69 Å². The first-order valence-electron chi connectivity index (χ1n) is 11.9. The fourth-order valence-electron chi connectivity index (χ4n) is 4.04. The Morgan fingerprint density at radius 2 is 1.62 bits per heavy atom. The number of amides is 2. The highest BCUT2D eigenvalue weighted by Crippen LogP contribution is 2.23. The quantitative estimate of drug-likeness (QED) is 0.214. The van der Waals surface area contributed by atoms with Crippen molar-refractivity contribution in [1.29, 1.82) is 0 Å². The molecule has 3 aromatic carbocycles. The summed E-state index contributed by atoms with van der Waals surface area (Å²) in [7, 11) is 0. The van der Waals surface area contributed by atoms with Crippen LogP contribution in [-0.4, -0.2) is 38.0 Å². The SMILES string of the molecule is Cc1nn(-c2ccccc2)c(Cl)c1/C=N/NC(=O)[C@H](NC(=O)c1ccccc1)c1n[nH]c(=O)c2ccccc12. The molecule has 0 saturated heterocycles. The zero-order valence-electron chi connectivity index (χ0n) is 20.6. The van der Waals surface area contributed by atoms with Crippen molar-refractivity contribution in [3.05, 3.63) is 123 Å². The van der Waals surface area contributed by atoms with Crippen molar-refractivity contribution in [3.63, 3.8) is 0 Å². The van der Waals surface area contributed by atoms with Gasteiger partial charge in [-0.1, -0.05) is 66.2 Å². The fourth-order valence-corrected chi connectivity index (χ4v) is 4.36. The Labute approximate surface area is 227 Å². The Hall–Kier alpha value is -5.09. The summed E-state index contributed by atoms with van der Waals surface area (Å²) in [6.07, 6.45) is 1.39. The molecule has 39 heavy (non-hydrogen) atoms. The molecule has 0 unspecified atom stereocenters. The summed E-state index contributed by atoms with van der Waals surface area (Å²) in [5.74, 6) is -1.18. The van der Waals surface area contributed by atoms with Gasteiger partial charge in [0.05, 0.1) is 28.5 Å². The molecule has 5 aromatic rings. The van der Waals surface area contributed by atoms with Gasteiger partial charge in [-0.2, -0.15) is 15.3 Å². The number of fused-ring (bicyclic) bond motifs is 1. The smallest absolute Gasteiger partial charge is 0.272 e. The van der Waals surface area contributed by atoms with E-state index in [0.717, 1.165) is 5.69 Å². The Morgan fingerprint density at radius 1 is 0.974 bits per heavy atom. The van der Waals surface area contributed by atoms with Crippen molar-refractivity contribution in [3.8, 4) is 5.69 Å². The predicted molar refractivity (Wildman–Crippen MR) is 148 cm³/mol. The van der Waals surface area contributed by atoms with Crippen molar-refractivity contribution in [2.24, 2.45) is 5.10 Å². The van der Waals surface area contributed by atoms with E-state index in [2.05, 4.69) is 31.1 Å². The van der Waals surface area contributed by atoms with E-state index >= 15 is 0 Å². The summed E-state index contributed by atoms with van der Waals surface area (Å²) in [5, 5.41) is 18.8. The number of aromatic amines is 1. The standard InChI is InChI=1S/C28H22ClN7O3/c1-17-22(25(29)36(35-17)19-12-6-3-7-13-19)16-30-33-28(39)24(31-26(37)18-10-4-2-5-11-18)23-20-14-8-9-15-21(20)27(38)34-32-23/h2-16,24H,1H3,(H,31,37)(H,33,39)(H,34,38)/b30-16+/t24-/m1/s1. The molecule has 0 bridgehead atoms. The first-order chi connectivity index (χ1) is 18.9. The molecule has 0 spiro atoms. The van der Waals surface area contributed by atoms with Gasteiger partial charge in [0.15, 0.2) is 6.04 Å². The summed E-state index contributed by atoms with van der Waals surface area (Å²) in [4.78, 5) is 38.7. The van der Waals surface area contributed by atoms with Crippen molar-refractivity contribution in [1.82, 2.24) is 30.7 Å². The first kappa shape index (κ1) is 25.6. The highest BCUT2D eigenvalue weighted by Gasteiger charge is 2.27.